The predicted molar refractivity (Wildman–Crippen MR) is 71.9 cm³/mol. The fourth-order valence-corrected chi connectivity index (χ4v) is 2.16. The molecule has 2 N–H and O–H groups in total. The lowest BCUT2D eigenvalue weighted by Crippen LogP contribution is -2.27. The van der Waals surface area contributed by atoms with Crippen molar-refractivity contribution in [2.24, 2.45) is 0 Å². The number of hydroxylamine groups is 2. The van der Waals surface area contributed by atoms with Crippen molar-refractivity contribution >= 4 is 27.5 Å². The van der Waals surface area contributed by atoms with E-state index in [-0.39, 0.29) is 5.91 Å². The van der Waals surface area contributed by atoms with Gasteiger partial charge in [0.15, 0.2) is 0 Å². The number of anilines is 1. The molecule has 0 aromatic heterocycles. The molecule has 0 heterocycles. The molecule has 0 aliphatic carbocycles. The Morgan fingerprint density at radius 2 is 1.76 bits per heavy atom. The Kier molecular flexibility index (Phi) is 4.16. The second-order valence-corrected chi connectivity index (χ2v) is 4.76. The van der Waals surface area contributed by atoms with Crippen molar-refractivity contribution in [3.05, 3.63) is 26.7 Å². The maximum Gasteiger partial charge on any atom is 0.279 e. The molecular weight excluding hydrogens is 284 g/mol. The third kappa shape index (κ3) is 2.30. The van der Waals surface area contributed by atoms with Crippen molar-refractivity contribution in [2.45, 2.75) is 20.8 Å². The zero-order chi connectivity index (χ0) is 13.3. The standard InChI is InChI=1S/C12H17BrN2O2/c1-6-7(2)11(14)9(8(3)10(6)13)12(16)15(4)17-5/h14H2,1-5H3. The van der Waals surface area contributed by atoms with Crippen molar-refractivity contribution in [1.29, 1.82) is 0 Å². The van der Waals surface area contributed by atoms with Gasteiger partial charge in [-0.15, -0.1) is 0 Å². The number of halogens is 1. The van der Waals surface area contributed by atoms with E-state index < -0.39 is 0 Å². The second kappa shape index (κ2) is 5.06. The summed E-state index contributed by atoms with van der Waals surface area (Å²) < 4.78 is 0.914. The van der Waals surface area contributed by atoms with Crippen LogP contribution in [-0.4, -0.2) is 25.1 Å². The van der Waals surface area contributed by atoms with Gasteiger partial charge in [0.1, 0.15) is 0 Å². The van der Waals surface area contributed by atoms with Gasteiger partial charge < -0.3 is 5.73 Å². The summed E-state index contributed by atoms with van der Waals surface area (Å²) >= 11 is 3.49. The molecular formula is C12H17BrN2O2. The molecule has 1 amide bonds. The number of benzene rings is 1. The Morgan fingerprint density at radius 3 is 2.24 bits per heavy atom. The van der Waals surface area contributed by atoms with Crippen LogP contribution in [0.15, 0.2) is 4.47 Å². The number of nitrogens with two attached hydrogens (primary N) is 1. The van der Waals surface area contributed by atoms with E-state index in [0.717, 1.165) is 21.2 Å². The summed E-state index contributed by atoms with van der Waals surface area (Å²) in [6.45, 7) is 5.74. The molecule has 1 aromatic carbocycles. The monoisotopic (exact) mass is 300 g/mol. The highest BCUT2D eigenvalue weighted by atomic mass is 79.9. The van der Waals surface area contributed by atoms with E-state index in [1.54, 1.807) is 7.05 Å². The molecule has 5 heteroatoms. The van der Waals surface area contributed by atoms with Gasteiger partial charge in [-0.3, -0.25) is 9.63 Å². The number of nitrogen functional groups attached to an aromatic ring is 1. The maximum absolute atomic E-state index is 12.1. The second-order valence-electron chi connectivity index (χ2n) is 3.96. The first-order valence-corrected chi connectivity index (χ1v) is 5.99. The molecule has 1 rings (SSSR count). The van der Waals surface area contributed by atoms with Crippen LogP contribution in [0.2, 0.25) is 0 Å². The average molecular weight is 301 g/mol. The SMILES string of the molecule is CON(C)C(=O)c1c(C)c(Br)c(C)c(C)c1N. The van der Waals surface area contributed by atoms with Gasteiger partial charge in [0, 0.05) is 17.2 Å². The molecule has 0 spiro atoms. The van der Waals surface area contributed by atoms with Crippen LogP contribution in [0.3, 0.4) is 0 Å². The van der Waals surface area contributed by atoms with Crippen molar-refractivity contribution in [2.75, 3.05) is 19.9 Å². The number of nitrogens with zero attached hydrogens (tertiary/aromatic N) is 1. The number of carbonyl (C=O) groups excluding carboxylic acids is 1. The minimum Gasteiger partial charge on any atom is -0.398 e. The smallest absolute Gasteiger partial charge is 0.279 e. The van der Waals surface area contributed by atoms with Gasteiger partial charge in [0.25, 0.3) is 5.91 Å². The van der Waals surface area contributed by atoms with Crippen LogP contribution in [0.1, 0.15) is 27.0 Å². The fraction of sp³-hybridized carbons (Fsp3) is 0.417. The summed E-state index contributed by atoms with van der Waals surface area (Å²) in [7, 11) is 3.00. The predicted octanol–water partition coefficient (Wildman–Crippen LogP) is 2.59. The van der Waals surface area contributed by atoms with Crippen LogP contribution < -0.4 is 5.73 Å². The Morgan fingerprint density at radius 1 is 1.24 bits per heavy atom. The van der Waals surface area contributed by atoms with Crippen LogP contribution >= 0.6 is 15.9 Å². The first kappa shape index (κ1) is 14.0. The van der Waals surface area contributed by atoms with E-state index >= 15 is 0 Å². The number of carbonyl (C=O) groups is 1. The van der Waals surface area contributed by atoms with Crippen LogP contribution in [0.5, 0.6) is 0 Å². The highest BCUT2D eigenvalue weighted by molar-refractivity contribution is 9.10. The highest BCUT2D eigenvalue weighted by Gasteiger charge is 2.22. The summed E-state index contributed by atoms with van der Waals surface area (Å²) in [5.41, 5.74) is 9.82. The molecule has 1 aromatic rings. The van der Waals surface area contributed by atoms with E-state index in [2.05, 4.69) is 15.9 Å². The van der Waals surface area contributed by atoms with Crippen molar-refractivity contribution in [1.82, 2.24) is 5.06 Å². The molecule has 0 saturated carbocycles. The largest absolute Gasteiger partial charge is 0.398 e. The molecule has 0 radical (unpaired) electrons. The summed E-state index contributed by atoms with van der Waals surface area (Å²) in [6.07, 6.45) is 0. The fourth-order valence-electron chi connectivity index (χ4n) is 1.66. The molecule has 94 valence electrons. The maximum atomic E-state index is 12.1. The normalized spacial score (nSPS) is 10.5. The summed E-state index contributed by atoms with van der Waals surface area (Å²) in [5, 5.41) is 1.17. The molecule has 0 bridgehead atoms. The van der Waals surface area contributed by atoms with Crippen LogP contribution in [0, 0.1) is 20.8 Å². The number of hydrogen-bond acceptors (Lipinski definition) is 3. The van der Waals surface area contributed by atoms with Gasteiger partial charge in [-0.2, -0.15) is 0 Å². The van der Waals surface area contributed by atoms with Gasteiger partial charge in [0.05, 0.1) is 12.7 Å². The lowest BCUT2D eigenvalue weighted by molar-refractivity contribution is -0.0756. The van der Waals surface area contributed by atoms with E-state index in [1.165, 1.54) is 12.2 Å². The Hall–Kier alpha value is -1.07. The summed E-state index contributed by atoms with van der Waals surface area (Å²) in [6, 6.07) is 0. The van der Waals surface area contributed by atoms with Crippen LogP contribution in [-0.2, 0) is 4.84 Å². The van der Waals surface area contributed by atoms with Gasteiger partial charge in [-0.05, 0) is 37.5 Å². The zero-order valence-electron chi connectivity index (χ0n) is 10.7. The van der Waals surface area contributed by atoms with E-state index in [9.17, 15) is 4.79 Å². The molecule has 0 fully saturated rings. The van der Waals surface area contributed by atoms with Crippen LogP contribution in [0.25, 0.3) is 0 Å². The van der Waals surface area contributed by atoms with Gasteiger partial charge in [-0.25, -0.2) is 5.06 Å². The average Bonchev–Trinajstić information content (AvgIpc) is 2.32. The van der Waals surface area contributed by atoms with Gasteiger partial charge >= 0.3 is 0 Å². The minimum atomic E-state index is -0.244. The first-order chi connectivity index (χ1) is 7.82. The third-order valence-electron chi connectivity index (χ3n) is 3.04. The van der Waals surface area contributed by atoms with E-state index in [1.807, 2.05) is 20.8 Å². The molecule has 0 aliphatic rings. The molecule has 0 atom stereocenters. The third-order valence-corrected chi connectivity index (χ3v) is 4.23. The minimum absolute atomic E-state index is 0.244. The van der Waals surface area contributed by atoms with Crippen LogP contribution in [0.4, 0.5) is 5.69 Å². The van der Waals surface area contributed by atoms with Crippen molar-refractivity contribution in [3.8, 4) is 0 Å². The molecule has 0 aliphatic heterocycles. The topological polar surface area (TPSA) is 55.6 Å². The Labute approximate surface area is 110 Å². The molecule has 17 heavy (non-hydrogen) atoms. The Bertz CT molecular complexity index is 443. The van der Waals surface area contributed by atoms with Gasteiger partial charge in [0.2, 0.25) is 0 Å². The number of hydrogen-bond donors (Lipinski definition) is 1. The van der Waals surface area contributed by atoms with Crippen molar-refractivity contribution in [3.63, 3.8) is 0 Å². The summed E-state index contributed by atoms with van der Waals surface area (Å²) in [4.78, 5) is 17.0. The first-order valence-electron chi connectivity index (χ1n) is 5.19. The molecule has 4 nitrogen and oxygen atoms in total. The van der Waals surface area contributed by atoms with Crippen molar-refractivity contribution < 1.29 is 9.63 Å². The highest BCUT2D eigenvalue weighted by Crippen LogP contribution is 2.33. The van der Waals surface area contributed by atoms with E-state index in [4.69, 9.17) is 10.6 Å². The lowest BCUT2D eigenvalue weighted by atomic mass is 9.97. The Balaban J connectivity index is 3.50. The molecule has 0 unspecified atom stereocenters. The summed E-state index contributed by atoms with van der Waals surface area (Å²) in [5.74, 6) is -0.244. The quantitative estimate of drug-likeness (QED) is 0.675. The van der Waals surface area contributed by atoms with E-state index in [0.29, 0.717) is 11.3 Å². The number of rotatable bonds is 2. The number of amides is 1. The molecule has 0 saturated heterocycles. The van der Waals surface area contributed by atoms with Gasteiger partial charge in [-0.1, -0.05) is 15.9 Å². The lowest BCUT2D eigenvalue weighted by Gasteiger charge is -2.20. The zero-order valence-corrected chi connectivity index (χ0v) is 12.3.